The molecule has 2 aromatic carbocycles. The van der Waals surface area contributed by atoms with Crippen molar-refractivity contribution in [1.82, 2.24) is 9.88 Å². The van der Waals surface area contributed by atoms with Gasteiger partial charge in [-0.2, -0.15) is 0 Å². The number of rotatable bonds is 7. The summed E-state index contributed by atoms with van der Waals surface area (Å²) in [5.41, 5.74) is 2.04. The molecule has 0 bridgehead atoms. The van der Waals surface area contributed by atoms with Gasteiger partial charge in [0.2, 0.25) is 5.91 Å². The van der Waals surface area contributed by atoms with Crippen molar-refractivity contribution in [2.75, 3.05) is 31.0 Å². The first-order valence-electron chi connectivity index (χ1n) is 10.7. The van der Waals surface area contributed by atoms with Gasteiger partial charge in [-0.05, 0) is 24.6 Å². The summed E-state index contributed by atoms with van der Waals surface area (Å²) in [6.07, 6.45) is 1.62. The zero-order valence-corrected chi connectivity index (χ0v) is 19.4. The Kier molecular flexibility index (Phi) is 5.66. The van der Waals surface area contributed by atoms with Crippen LogP contribution < -0.4 is 19.7 Å². The summed E-state index contributed by atoms with van der Waals surface area (Å²) in [5, 5.41) is 5.07. The van der Waals surface area contributed by atoms with E-state index in [1.807, 2.05) is 0 Å². The molecule has 34 heavy (non-hydrogen) atoms. The molecule has 2 aliphatic rings. The van der Waals surface area contributed by atoms with E-state index in [2.05, 4.69) is 10.3 Å². The molecule has 3 amide bonds. The summed E-state index contributed by atoms with van der Waals surface area (Å²) >= 11 is 1.34. The monoisotopic (exact) mass is 478 g/mol. The molecule has 0 spiro atoms. The van der Waals surface area contributed by atoms with E-state index in [0.717, 1.165) is 0 Å². The Bertz CT molecular complexity index is 1280. The lowest BCUT2D eigenvalue weighted by atomic mass is 10.0. The number of methoxy groups -OCH3 is 2. The van der Waals surface area contributed by atoms with E-state index in [4.69, 9.17) is 9.47 Å². The average Bonchev–Trinajstić information content (AvgIpc) is 3.46. The molecule has 0 aliphatic carbocycles. The van der Waals surface area contributed by atoms with E-state index in [-0.39, 0.29) is 24.1 Å². The number of carbonyl (C=O) groups is 3. The largest absolute Gasteiger partial charge is 0.493 e. The van der Waals surface area contributed by atoms with Crippen LogP contribution in [0.15, 0.2) is 48.0 Å². The van der Waals surface area contributed by atoms with Crippen LogP contribution in [0.4, 0.5) is 10.8 Å². The van der Waals surface area contributed by atoms with Gasteiger partial charge in [0.1, 0.15) is 6.17 Å². The second-order valence-electron chi connectivity index (χ2n) is 7.82. The predicted molar refractivity (Wildman–Crippen MR) is 127 cm³/mol. The third-order valence-electron chi connectivity index (χ3n) is 5.96. The van der Waals surface area contributed by atoms with Crippen LogP contribution in [0, 0.1) is 0 Å². The Morgan fingerprint density at radius 2 is 1.94 bits per heavy atom. The van der Waals surface area contributed by atoms with Gasteiger partial charge in [0, 0.05) is 30.1 Å². The Hall–Kier alpha value is -3.92. The Morgan fingerprint density at radius 1 is 1.12 bits per heavy atom. The number of para-hydroxylation sites is 1. The molecule has 2 aliphatic heterocycles. The molecule has 0 radical (unpaired) electrons. The van der Waals surface area contributed by atoms with Crippen LogP contribution in [0.2, 0.25) is 0 Å². The predicted octanol–water partition coefficient (Wildman–Crippen LogP) is 3.69. The van der Waals surface area contributed by atoms with Gasteiger partial charge in [0.05, 0.1) is 31.0 Å². The van der Waals surface area contributed by atoms with E-state index < -0.39 is 6.17 Å². The van der Waals surface area contributed by atoms with Gasteiger partial charge < -0.3 is 19.7 Å². The van der Waals surface area contributed by atoms with Crippen molar-refractivity contribution in [1.29, 1.82) is 0 Å². The van der Waals surface area contributed by atoms with Gasteiger partial charge in [-0.25, -0.2) is 4.98 Å². The lowest BCUT2D eigenvalue weighted by Crippen LogP contribution is -2.48. The Labute approximate surface area is 199 Å². The van der Waals surface area contributed by atoms with Gasteiger partial charge in [-0.15, -0.1) is 11.3 Å². The summed E-state index contributed by atoms with van der Waals surface area (Å²) in [4.78, 5) is 46.8. The molecular weight excluding hydrogens is 456 g/mol. The summed E-state index contributed by atoms with van der Waals surface area (Å²) in [6, 6.07) is 10.6. The van der Waals surface area contributed by atoms with Crippen LogP contribution in [-0.2, 0) is 4.79 Å². The van der Waals surface area contributed by atoms with Crippen LogP contribution in [0.3, 0.4) is 0 Å². The van der Waals surface area contributed by atoms with Crippen molar-refractivity contribution in [3.8, 4) is 11.5 Å². The molecule has 174 valence electrons. The number of thiazole rings is 1. The molecule has 0 saturated carbocycles. The maximum Gasteiger partial charge on any atom is 0.264 e. The molecular formula is C24H22N4O5S. The zero-order valence-electron chi connectivity index (χ0n) is 18.6. The molecule has 1 atom stereocenters. The van der Waals surface area contributed by atoms with E-state index in [0.29, 0.717) is 52.0 Å². The molecule has 0 unspecified atom stereocenters. The number of ether oxygens (including phenoxy) is 2. The van der Waals surface area contributed by atoms with Gasteiger partial charge in [-0.1, -0.05) is 18.2 Å². The first-order chi connectivity index (χ1) is 16.5. The smallest absolute Gasteiger partial charge is 0.264 e. The minimum Gasteiger partial charge on any atom is -0.493 e. The number of fused-ring (bicyclic) bond motifs is 5. The minimum atomic E-state index is -0.633. The van der Waals surface area contributed by atoms with E-state index >= 15 is 0 Å². The van der Waals surface area contributed by atoms with Gasteiger partial charge in [-0.3, -0.25) is 19.3 Å². The molecule has 0 saturated heterocycles. The maximum atomic E-state index is 13.6. The van der Waals surface area contributed by atoms with Crippen molar-refractivity contribution in [2.45, 2.75) is 19.0 Å². The summed E-state index contributed by atoms with van der Waals surface area (Å²) in [7, 11) is 3.00. The number of benzene rings is 2. The highest BCUT2D eigenvalue weighted by atomic mass is 32.1. The second-order valence-corrected chi connectivity index (χ2v) is 8.71. The SMILES string of the molecule is COc1ccc2c(c1OC)C(=O)N1c3ccccc3C(=O)N(CCCC(=O)Nc3nccs3)[C@H]21. The van der Waals surface area contributed by atoms with Crippen molar-refractivity contribution >= 4 is 39.9 Å². The molecule has 3 heterocycles. The molecule has 9 nitrogen and oxygen atoms in total. The van der Waals surface area contributed by atoms with E-state index in [1.54, 1.807) is 57.8 Å². The standard InChI is InChI=1S/C24H22N4O5S/c1-32-17-10-9-15-19(20(17)33-2)23(31)28-16-7-4-3-6-14(16)22(30)27(21(15)28)12-5-8-18(29)26-24-25-11-13-34-24/h3-4,6-7,9-11,13,21H,5,8,12H2,1-2H3,(H,25,26,29)/t21-/m0/s1. The fourth-order valence-corrected chi connectivity index (χ4v) is 5.07. The fourth-order valence-electron chi connectivity index (χ4n) is 4.53. The Morgan fingerprint density at radius 3 is 2.68 bits per heavy atom. The first kappa shape index (κ1) is 21.9. The van der Waals surface area contributed by atoms with Crippen molar-refractivity contribution in [2.24, 2.45) is 0 Å². The lowest BCUT2D eigenvalue weighted by molar-refractivity contribution is -0.116. The normalized spacial score (nSPS) is 16.1. The number of nitrogens with zero attached hydrogens (tertiary/aromatic N) is 3. The molecule has 3 aromatic rings. The molecule has 1 N–H and O–H groups in total. The maximum absolute atomic E-state index is 13.6. The third kappa shape index (κ3) is 3.47. The third-order valence-corrected chi connectivity index (χ3v) is 6.65. The fraction of sp³-hybridized carbons (Fsp3) is 0.250. The van der Waals surface area contributed by atoms with Gasteiger partial charge >= 0.3 is 0 Å². The van der Waals surface area contributed by atoms with Crippen LogP contribution in [0.25, 0.3) is 0 Å². The summed E-state index contributed by atoms with van der Waals surface area (Å²) < 4.78 is 10.9. The summed E-state index contributed by atoms with van der Waals surface area (Å²) in [6.45, 7) is 0.292. The lowest BCUT2D eigenvalue weighted by Gasteiger charge is -2.40. The number of amides is 3. The number of hydrogen-bond acceptors (Lipinski definition) is 7. The zero-order chi connectivity index (χ0) is 23.8. The number of anilines is 2. The molecule has 1 aromatic heterocycles. The minimum absolute atomic E-state index is 0.175. The highest BCUT2D eigenvalue weighted by Gasteiger charge is 2.49. The topological polar surface area (TPSA) is 101 Å². The van der Waals surface area contributed by atoms with Gasteiger partial charge in [0.25, 0.3) is 11.8 Å². The van der Waals surface area contributed by atoms with Crippen molar-refractivity contribution < 1.29 is 23.9 Å². The quantitative estimate of drug-likeness (QED) is 0.556. The summed E-state index contributed by atoms with van der Waals surface area (Å²) in [5.74, 6) is 0.160. The Balaban J connectivity index is 1.48. The number of hydrogen-bond donors (Lipinski definition) is 1. The first-order valence-corrected chi connectivity index (χ1v) is 11.6. The average molecular weight is 479 g/mol. The number of carbonyl (C=O) groups excluding carboxylic acids is 3. The van der Waals surface area contributed by atoms with Crippen LogP contribution >= 0.6 is 11.3 Å². The van der Waals surface area contributed by atoms with Crippen LogP contribution in [-0.4, -0.2) is 48.4 Å². The highest BCUT2D eigenvalue weighted by molar-refractivity contribution is 7.13. The molecule has 0 fully saturated rings. The van der Waals surface area contributed by atoms with Gasteiger partial charge in [0.15, 0.2) is 16.6 Å². The number of nitrogens with one attached hydrogen (secondary N) is 1. The van der Waals surface area contributed by atoms with Crippen LogP contribution in [0.5, 0.6) is 11.5 Å². The molecule has 5 rings (SSSR count). The van der Waals surface area contributed by atoms with E-state index in [9.17, 15) is 14.4 Å². The highest BCUT2D eigenvalue weighted by Crippen LogP contribution is 2.49. The number of aromatic nitrogens is 1. The van der Waals surface area contributed by atoms with Crippen LogP contribution in [0.1, 0.15) is 45.3 Å². The van der Waals surface area contributed by atoms with Crippen molar-refractivity contribution in [3.63, 3.8) is 0 Å². The van der Waals surface area contributed by atoms with E-state index in [1.165, 1.54) is 25.6 Å². The molecule has 10 heteroatoms. The second kappa shape index (κ2) is 8.79. The van der Waals surface area contributed by atoms with Crippen molar-refractivity contribution in [3.05, 3.63) is 64.7 Å².